The first-order chi connectivity index (χ1) is 69.4. The minimum Gasteiger partial charge on any atom is -0.0622 e. The number of rotatable bonds is 15. The topological polar surface area (TPSA) is 0 Å². The second-order valence-electron chi connectivity index (χ2n) is 36.3. The molecule has 0 N–H and O–H groups in total. The van der Waals surface area contributed by atoms with Gasteiger partial charge >= 0.3 is 0 Å². The lowest BCUT2D eigenvalue weighted by Gasteiger charge is -2.19. The largest absolute Gasteiger partial charge is 0.0622 e. The fourth-order valence-corrected chi connectivity index (χ4v) is 21.2. The van der Waals surface area contributed by atoms with E-state index in [-0.39, 0.29) is 0 Å². The van der Waals surface area contributed by atoms with Crippen molar-refractivity contribution in [2.45, 2.75) is 0 Å². The van der Waals surface area contributed by atoms with Crippen molar-refractivity contribution in [3.8, 4) is 167 Å². The van der Waals surface area contributed by atoms with E-state index >= 15 is 0 Å². The highest BCUT2D eigenvalue weighted by molar-refractivity contribution is 6.26. The highest BCUT2D eigenvalue weighted by Crippen LogP contribution is 2.51. The molecule has 26 aromatic carbocycles. The van der Waals surface area contributed by atoms with Crippen LogP contribution in [0.25, 0.3) is 253 Å². The van der Waals surface area contributed by atoms with Gasteiger partial charge in [0.2, 0.25) is 0 Å². The number of fused-ring (bicyclic) bond motifs is 8. The van der Waals surface area contributed by atoms with Crippen LogP contribution in [0, 0.1) is 0 Å². The Morgan fingerprint density at radius 3 is 0.536 bits per heavy atom. The molecule has 0 amide bonds. The summed E-state index contributed by atoms with van der Waals surface area (Å²) >= 11 is 0. The molecule has 654 valence electrons. The minimum atomic E-state index is 1.22. The third-order valence-electron chi connectivity index (χ3n) is 28.0. The van der Waals surface area contributed by atoms with E-state index in [4.69, 9.17) is 0 Å². The number of hydrogen-bond donors (Lipinski definition) is 0. The van der Waals surface area contributed by atoms with Gasteiger partial charge in [0.15, 0.2) is 0 Å². The monoisotopic (exact) mass is 1770 g/mol. The first-order valence-electron chi connectivity index (χ1n) is 48.4. The Hall–Kier alpha value is -18.2. The van der Waals surface area contributed by atoms with Crippen LogP contribution in [0.5, 0.6) is 0 Å². The maximum atomic E-state index is 2.42. The summed E-state index contributed by atoms with van der Waals surface area (Å²) < 4.78 is 0. The second-order valence-corrected chi connectivity index (χ2v) is 36.3. The number of benzene rings is 26. The molecular formula is C140H94. The van der Waals surface area contributed by atoms with Crippen molar-refractivity contribution in [2.75, 3.05) is 0 Å². The molecule has 0 saturated carbocycles. The lowest BCUT2D eigenvalue weighted by Crippen LogP contribution is -1.92. The Bertz CT molecular complexity index is 9000. The Kier molecular flexibility index (Phi) is 23.0. The van der Waals surface area contributed by atoms with Crippen LogP contribution in [0.4, 0.5) is 0 Å². The summed E-state index contributed by atoms with van der Waals surface area (Å²) in [5.74, 6) is 0. The summed E-state index contributed by atoms with van der Waals surface area (Å²) in [6, 6.07) is 207. The molecule has 0 radical (unpaired) electrons. The van der Waals surface area contributed by atoms with E-state index in [9.17, 15) is 0 Å². The van der Waals surface area contributed by atoms with Gasteiger partial charge in [0.1, 0.15) is 0 Å². The van der Waals surface area contributed by atoms with E-state index in [0.29, 0.717) is 0 Å². The van der Waals surface area contributed by atoms with Gasteiger partial charge in [-0.25, -0.2) is 0 Å². The van der Waals surface area contributed by atoms with Gasteiger partial charge in [0.25, 0.3) is 0 Å². The van der Waals surface area contributed by atoms with Crippen LogP contribution in [0.2, 0.25) is 0 Å². The third kappa shape index (κ3) is 16.6. The van der Waals surface area contributed by atoms with Crippen LogP contribution in [0.3, 0.4) is 0 Å². The quantitative estimate of drug-likeness (QED) is 0.0898. The molecule has 0 nitrogen and oxygen atoms in total. The average Bonchev–Trinajstić information content (AvgIpc) is 0.736. The first-order valence-corrected chi connectivity index (χ1v) is 48.4. The minimum absolute atomic E-state index is 1.22. The maximum Gasteiger partial charge on any atom is -0.00261 e. The Morgan fingerprint density at radius 1 is 0.0714 bits per heavy atom. The standard InChI is InChI=1S/2C48H32.C44H30/c1-3-12-33(13-4-1)35-22-26-38(27-23-35)47-43-19-9-10-20-44(43)48(39-28-24-36(25-29-39)34-14-5-2-6-15-34)46-32-40(30-31-45(46)47)42-21-11-17-37-16-7-8-18-41(37)42;1-3-11-33(12-4-1)36-19-24-38(25-20-36)47-43-17-9-10-18-44(43)48(39-26-21-37(22-27-39)34-13-5-2-6-14-34)46-32-42(29-30-45(46)47)41-28-23-35-15-7-8-16-40(35)31-41;1-4-12-31(13-5-1)34-20-24-36(25-21-34)43-39-18-10-11-19-40(39)44(37-26-22-35(23-27-37)32-14-6-2-7-15-32)42-30-38(28-29-41(42)43)33-16-8-3-9-17-33/h2*1-32H;1-30H. The van der Waals surface area contributed by atoms with Crippen molar-refractivity contribution in [1.82, 2.24) is 0 Å². The predicted octanol–water partition coefficient (Wildman–Crippen LogP) is 39.3. The van der Waals surface area contributed by atoms with Crippen molar-refractivity contribution in [2.24, 2.45) is 0 Å². The predicted molar refractivity (Wildman–Crippen MR) is 601 cm³/mol. The van der Waals surface area contributed by atoms with Gasteiger partial charge < -0.3 is 0 Å². The average molecular weight is 1780 g/mol. The van der Waals surface area contributed by atoms with Gasteiger partial charge in [-0.05, 0) is 277 Å². The molecule has 0 fully saturated rings. The molecule has 0 heteroatoms. The molecule has 0 aliphatic rings. The van der Waals surface area contributed by atoms with Gasteiger partial charge in [-0.1, -0.05) is 546 Å². The van der Waals surface area contributed by atoms with Gasteiger partial charge in [-0.15, -0.1) is 0 Å². The van der Waals surface area contributed by atoms with Gasteiger partial charge in [-0.3, -0.25) is 0 Å². The summed E-state index contributed by atoms with van der Waals surface area (Å²) in [7, 11) is 0. The van der Waals surface area contributed by atoms with Crippen molar-refractivity contribution >= 4 is 86.2 Å². The summed E-state index contributed by atoms with van der Waals surface area (Å²) in [6.07, 6.45) is 0. The molecular weight excluding hydrogens is 1680 g/mol. The summed E-state index contributed by atoms with van der Waals surface area (Å²) in [6.45, 7) is 0. The SMILES string of the molecule is c1ccc(-c2ccc(-c3c4ccccc4c(-c4ccc(-c5ccccc5)cc4)c4cc(-c5ccc6ccccc6c5)ccc34)cc2)cc1.c1ccc(-c2ccc(-c3c4ccccc4c(-c4ccc(-c5ccccc5)cc4)c4cc(-c5cccc6ccccc56)ccc34)cc2)cc1.c1ccc(-c2ccc(-c3c4ccccc4c(-c4ccc(-c5ccccc5)cc4)c4cc(-c5ccccc5)ccc34)cc2)cc1. The molecule has 0 atom stereocenters. The summed E-state index contributed by atoms with van der Waals surface area (Å²) in [4.78, 5) is 0. The molecule has 26 aromatic rings. The Labute approximate surface area is 817 Å². The molecule has 140 heavy (non-hydrogen) atoms. The Balaban J connectivity index is 0.000000114. The number of hydrogen-bond acceptors (Lipinski definition) is 0. The van der Waals surface area contributed by atoms with E-state index < -0.39 is 0 Å². The second kappa shape index (κ2) is 37.9. The van der Waals surface area contributed by atoms with Gasteiger partial charge in [0.05, 0.1) is 0 Å². The van der Waals surface area contributed by atoms with E-state index in [0.717, 1.165) is 0 Å². The fourth-order valence-electron chi connectivity index (χ4n) is 21.2. The first kappa shape index (κ1) is 84.8. The maximum absolute atomic E-state index is 2.42. The molecule has 0 heterocycles. The van der Waals surface area contributed by atoms with Crippen molar-refractivity contribution in [3.05, 3.63) is 570 Å². The van der Waals surface area contributed by atoms with Crippen LogP contribution < -0.4 is 0 Å². The highest BCUT2D eigenvalue weighted by Gasteiger charge is 2.24. The van der Waals surface area contributed by atoms with Crippen LogP contribution in [0.15, 0.2) is 570 Å². The van der Waals surface area contributed by atoms with Crippen molar-refractivity contribution < 1.29 is 0 Å². The van der Waals surface area contributed by atoms with Crippen molar-refractivity contribution in [3.63, 3.8) is 0 Å². The van der Waals surface area contributed by atoms with Crippen LogP contribution in [-0.2, 0) is 0 Å². The summed E-state index contributed by atoms with van der Waals surface area (Å²) in [5.41, 5.74) is 37.1. The molecule has 0 aliphatic heterocycles. The van der Waals surface area contributed by atoms with E-state index in [1.807, 2.05) is 0 Å². The van der Waals surface area contributed by atoms with E-state index in [1.54, 1.807) is 0 Å². The molecule has 0 aliphatic carbocycles. The molecule has 0 spiro atoms. The lowest BCUT2D eigenvalue weighted by molar-refractivity contribution is 1.60. The van der Waals surface area contributed by atoms with E-state index in [1.165, 1.54) is 253 Å². The van der Waals surface area contributed by atoms with Crippen molar-refractivity contribution in [1.29, 1.82) is 0 Å². The molecule has 0 unspecified atom stereocenters. The third-order valence-corrected chi connectivity index (χ3v) is 28.0. The molecule has 0 saturated heterocycles. The zero-order valence-corrected chi connectivity index (χ0v) is 77.3. The van der Waals surface area contributed by atoms with E-state index in [2.05, 4.69) is 570 Å². The zero-order valence-electron chi connectivity index (χ0n) is 77.3. The Morgan fingerprint density at radius 2 is 0.243 bits per heavy atom. The fraction of sp³-hybridized carbons (Fsp3) is 0. The lowest BCUT2D eigenvalue weighted by atomic mass is 9.84. The van der Waals surface area contributed by atoms with Crippen LogP contribution >= 0.6 is 0 Å². The van der Waals surface area contributed by atoms with Crippen LogP contribution in [0.1, 0.15) is 0 Å². The molecule has 26 rings (SSSR count). The molecule has 0 aromatic heterocycles. The van der Waals surface area contributed by atoms with Crippen LogP contribution in [-0.4, -0.2) is 0 Å². The highest BCUT2D eigenvalue weighted by atomic mass is 14.3. The molecule has 0 bridgehead atoms. The smallest absolute Gasteiger partial charge is 0.00261 e. The normalized spacial score (nSPS) is 11.3. The van der Waals surface area contributed by atoms with Gasteiger partial charge in [0, 0.05) is 0 Å². The zero-order chi connectivity index (χ0) is 93.0. The van der Waals surface area contributed by atoms with Gasteiger partial charge in [-0.2, -0.15) is 0 Å². The summed E-state index contributed by atoms with van der Waals surface area (Å²) in [5, 5.41) is 20.2.